The first-order chi connectivity index (χ1) is 10.1. The molecule has 0 radical (unpaired) electrons. The predicted molar refractivity (Wildman–Crippen MR) is 95.5 cm³/mol. The Bertz CT molecular complexity index is 484. The van der Waals surface area contributed by atoms with Gasteiger partial charge in [0.05, 0.1) is 0 Å². The average Bonchev–Trinajstić information content (AvgIpc) is 2.50. The molecule has 0 atom stereocenters. The predicted octanol–water partition coefficient (Wildman–Crippen LogP) is 3.45. The Labute approximate surface area is 138 Å². The van der Waals surface area contributed by atoms with Gasteiger partial charge in [-0.05, 0) is 43.3 Å². The highest BCUT2D eigenvalue weighted by Crippen LogP contribution is 2.25. The second kappa shape index (κ2) is 7.85. The minimum atomic E-state index is 0.801. The summed E-state index contributed by atoms with van der Waals surface area (Å²) in [7, 11) is 0. The maximum atomic E-state index is 6.12. The number of rotatable bonds is 4. The van der Waals surface area contributed by atoms with Gasteiger partial charge in [-0.3, -0.25) is 0 Å². The number of piperazine rings is 1. The number of nitrogens with one attached hydrogen (secondary N) is 1. The van der Waals surface area contributed by atoms with E-state index in [1.165, 1.54) is 24.1 Å². The van der Waals surface area contributed by atoms with E-state index in [1.807, 2.05) is 6.07 Å². The molecule has 1 aromatic carbocycles. The molecule has 1 fully saturated rings. The number of halogens is 1. The van der Waals surface area contributed by atoms with Crippen molar-refractivity contribution in [3.05, 3.63) is 28.8 Å². The molecule has 1 aliphatic rings. The van der Waals surface area contributed by atoms with E-state index in [0.717, 1.165) is 42.9 Å². The fourth-order valence-corrected chi connectivity index (χ4v) is 3.01. The summed E-state index contributed by atoms with van der Waals surface area (Å²) in [4.78, 5) is 4.66. The van der Waals surface area contributed by atoms with Crippen LogP contribution in [0.4, 0.5) is 5.69 Å². The Morgan fingerprint density at radius 2 is 2.00 bits per heavy atom. The molecule has 0 spiro atoms. The molecule has 0 amide bonds. The van der Waals surface area contributed by atoms with E-state index >= 15 is 0 Å². The number of aryl methyl sites for hydroxylation is 1. The van der Waals surface area contributed by atoms with Gasteiger partial charge in [0.2, 0.25) is 0 Å². The Hall–Kier alpha value is -1.00. The molecule has 21 heavy (non-hydrogen) atoms. The van der Waals surface area contributed by atoms with Crippen LogP contribution in [0, 0.1) is 6.92 Å². The van der Waals surface area contributed by atoms with Crippen LogP contribution < -0.4 is 10.2 Å². The summed E-state index contributed by atoms with van der Waals surface area (Å²) in [5.74, 6) is 0. The first-order valence-corrected chi connectivity index (χ1v) is 8.44. The third-order valence-electron chi connectivity index (χ3n) is 3.89. The average molecular weight is 326 g/mol. The number of anilines is 1. The van der Waals surface area contributed by atoms with Gasteiger partial charge in [0.1, 0.15) is 0 Å². The molecule has 1 heterocycles. The fourth-order valence-electron chi connectivity index (χ4n) is 2.56. The van der Waals surface area contributed by atoms with Crippen LogP contribution in [0.2, 0.25) is 5.02 Å². The van der Waals surface area contributed by atoms with Crippen molar-refractivity contribution in [1.29, 1.82) is 0 Å². The van der Waals surface area contributed by atoms with Gasteiger partial charge in [0.15, 0.2) is 5.11 Å². The van der Waals surface area contributed by atoms with Crippen molar-refractivity contribution in [3.63, 3.8) is 0 Å². The smallest absolute Gasteiger partial charge is 0.169 e. The zero-order valence-electron chi connectivity index (χ0n) is 12.9. The number of thiocarbonyl (C=S) groups is 1. The fraction of sp³-hybridized carbons (Fsp3) is 0.562. The molecule has 5 heteroatoms. The summed E-state index contributed by atoms with van der Waals surface area (Å²) >= 11 is 11.6. The van der Waals surface area contributed by atoms with Crippen LogP contribution in [0.1, 0.15) is 25.3 Å². The van der Waals surface area contributed by atoms with Crippen molar-refractivity contribution in [2.24, 2.45) is 0 Å². The Balaban J connectivity index is 1.88. The van der Waals surface area contributed by atoms with Gasteiger partial charge in [-0.25, -0.2) is 0 Å². The van der Waals surface area contributed by atoms with Gasteiger partial charge in [-0.15, -0.1) is 0 Å². The minimum absolute atomic E-state index is 0.801. The summed E-state index contributed by atoms with van der Waals surface area (Å²) in [5, 5.41) is 5.04. The number of hydrogen-bond acceptors (Lipinski definition) is 2. The van der Waals surface area contributed by atoms with Crippen LogP contribution in [0.15, 0.2) is 18.2 Å². The molecule has 0 bridgehead atoms. The Morgan fingerprint density at radius 1 is 1.29 bits per heavy atom. The molecule has 1 N–H and O–H groups in total. The largest absolute Gasteiger partial charge is 0.368 e. The van der Waals surface area contributed by atoms with Gasteiger partial charge < -0.3 is 15.1 Å². The van der Waals surface area contributed by atoms with Crippen LogP contribution in [-0.4, -0.2) is 42.7 Å². The highest BCUT2D eigenvalue weighted by Gasteiger charge is 2.20. The van der Waals surface area contributed by atoms with Crippen LogP contribution in [0.25, 0.3) is 0 Å². The number of nitrogens with zero attached hydrogens (tertiary/aromatic N) is 2. The molecule has 1 aromatic rings. The van der Waals surface area contributed by atoms with Gasteiger partial charge in [-0.1, -0.05) is 31.0 Å². The van der Waals surface area contributed by atoms with Crippen LogP contribution in [0.5, 0.6) is 0 Å². The lowest BCUT2D eigenvalue weighted by atomic mass is 10.1. The van der Waals surface area contributed by atoms with E-state index in [2.05, 4.69) is 41.1 Å². The molecule has 0 aromatic heterocycles. The minimum Gasteiger partial charge on any atom is -0.368 e. The molecular weight excluding hydrogens is 302 g/mol. The first kappa shape index (κ1) is 16.4. The topological polar surface area (TPSA) is 18.5 Å². The molecule has 2 rings (SSSR count). The third kappa shape index (κ3) is 4.48. The van der Waals surface area contributed by atoms with Crippen LogP contribution >= 0.6 is 23.8 Å². The molecule has 116 valence electrons. The number of unbranched alkanes of at least 4 members (excludes halogenated alkanes) is 1. The van der Waals surface area contributed by atoms with Gasteiger partial charge >= 0.3 is 0 Å². The SMILES string of the molecule is CCCCNC(=S)N1CCN(c2cc(Cl)ccc2C)CC1. The molecule has 0 aliphatic carbocycles. The second-order valence-electron chi connectivity index (χ2n) is 5.49. The Kier molecular flexibility index (Phi) is 6.12. The van der Waals surface area contributed by atoms with Crippen molar-refractivity contribution >= 4 is 34.6 Å². The number of benzene rings is 1. The van der Waals surface area contributed by atoms with Crippen molar-refractivity contribution in [3.8, 4) is 0 Å². The van der Waals surface area contributed by atoms with Gasteiger partial charge in [0, 0.05) is 43.4 Å². The number of hydrogen-bond donors (Lipinski definition) is 1. The van der Waals surface area contributed by atoms with Gasteiger partial charge in [-0.2, -0.15) is 0 Å². The summed E-state index contributed by atoms with van der Waals surface area (Å²) in [6, 6.07) is 6.09. The van der Waals surface area contributed by atoms with Crippen molar-refractivity contribution in [2.45, 2.75) is 26.7 Å². The maximum Gasteiger partial charge on any atom is 0.169 e. The van der Waals surface area contributed by atoms with E-state index in [9.17, 15) is 0 Å². The second-order valence-corrected chi connectivity index (χ2v) is 6.31. The van der Waals surface area contributed by atoms with Crippen LogP contribution in [0.3, 0.4) is 0 Å². The Morgan fingerprint density at radius 3 is 2.67 bits per heavy atom. The molecule has 0 saturated carbocycles. The zero-order valence-corrected chi connectivity index (χ0v) is 14.4. The monoisotopic (exact) mass is 325 g/mol. The summed E-state index contributed by atoms with van der Waals surface area (Å²) in [6.45, 7) is 9.19. The normalized spacial score (nSPS) is 15.2. The highest BCUT2D eigenvalue weighted by molar-refractivity contribution is 7.80. The van der Waals surface area contributed by atoms with E-state index in [0.29, 0.717) is 0 Å². The molecular formula is C16H24ClN3S. The summed E-state index contributed by atoms with van der Waals surface area (Å²) in [6.07, 6.45) is 2.36. The molecule has 3 nitrogen and oxygen atoms in total. The summed E-state index contributed by atoms with van der Waals surface area (Å²) < 4.78 is 0. The first-order valence-electron chi connectivity index (χ1n) is 7.65. The molecule has 1 aliphatic heterocycles. The van der Waals surface area contributed by atoms with Crippen molar-refractivity contribution < 1.29 is 0 Å². The van der Waals surface area contributed by atoms with E-state index in [-0.39, 0.29) is 0 Å². The van der Waals surface area contributed by atoms with Crippen molar-refractivity contribution in [1.82, 2.24) is 10.2 Å². The summed E-state index contributed by atoms with van der Waals surface area (Å²) in [5.41, 5.74) is 2.52. The standard InChI is InChI=1S/C16H24ClN3S/c1-3-4-7-18-16(21)20-10-8-19(9-11-20)15-12-14(17)6-5-13(15)2/h5-6,12H,3-4,7-11H2,1-2H3,(H,18,21). The van der Waals surface area contributed by atoms with Gasteiger partial charge in [0.25, 0.3) is 0 Å². The maximum absolute atomic E-state index is 6.12. The third-order valence-corrected chi connectivity index (χ3v) is 4.52. The van der Waals surface area contributed by atoms with E-state index in [1.54, 1.807) is 0 Å². The van der Waals surface area contributed by atoms with Crippen LogP contribution in [-0.2, 0) is 0 Å². The molecule has 1 saturated heterocycles. The van der Waals surface area contributed by atoms with Crippen molar-refractivity contribution in [2.75, 3.05) is 37.6 Å². The quantitative estimate of drug-likeness (QED) is 0.675. The zero-order chi connectivity index (χ0) is 15.2. The lowest BCUT2D eigenvalue weighted by Crippen LogP contribution is -2.52. The van der Waals surface area contributed by atoms with E-state index in [4.69, 9.17) is 23.8 Å². The lowest BCUT2D eigenvalue weighted by molar-refractivity contribution is 0.380. The highest BCUT2D eigenvalue weighted by atomic mass is 35.5. The van der Waals surface area contributed by atoms with E-state index < -0.39 is 0 Å². The lowest BCUT2D eigenvalue weighted by Gasteiger charge is -2.38. The molecule has 0 unspecified atom stereocenters.